The number of rotatable bonds is 1. The molecular weight excluding hydrogens is 244 g/mol. The predicted molar refractivity (Wildman–Crippen MR) is 77.3 cm³/mol. The van der Waals surface area contributed by atoms with Gasteiger partial charge in [-0.2, -0.15) is 5.10 Å². The van der Waals surface area contributed by atoms with E-state index in [-0.39, 0.29) is 5.54 Å². The molecule has 3 rings (SSSR count). The van der Waals surface area contributed by atoms with Crippen LogP contribution in [-0.4, -0.2) is 26.2 Å². The first-order valence-electron chi connectivity index (χ1n) is 6.67. The smallest absolute Gasteiger partial charge is 0.161 e. The van der Waals surface area contributed by atoms with Crippen molar-refractivity contribution in [1.82, 2.24) is 9.78 Å². The monoisotopic (exact) mass is 264 g/mol. The quantitative estimate of drug-likeness (QED) is 0.848. The van der Waals surface area contributed by atoms with Gasteiger partial charge in [-0.1, -0.05) is 31.0 Å². The number of aliphatic imine (C=N–C) groups is 1. The van der Waals surface area contributed by atoms with Crippen LogP contribution in [0.2, 0.25) is 0 Å². The third-order valence-electron chi connectivity index (χ3n) is 3.86. The molecule has 98 valence electrons. The molecule has 0 bridgehead atoms. The van der Waals surface area contributed by atoms with Gasteiger partial charge in [0.1, 0.15) is 0 Å². The largest absolute Gasteiger partial charge is 0.332 e. The molecule has 0 amide bonds. The Hall–Kier alpha value is -0.970. The Morgan fingerprint density at radius 2 is 2.11 bits per heavy atom. The molecule has 1 aliphatic heterocycles. The molecule has 1 spiro atoms. The van der Waals surface area contributed by atoms with E-state index >= 15 is 0 Å². The van der Waals surface area contributed by atoms with E-state index in [9.17, 15) is 0 Å². The zero-order chi connectivity index (χ0) is 12.6. The van der Waals surface area contributed by atoms with Crippen molar-refractivity contribution < 1.29 is 0 Å². The number of hydrogen-bond acceptors (Lipinski definition) is 4. The fourth-order valence-corrected chi connectivity index (χ4v) is 4.05. The van der Waals surface area contributed by atoms with Crippen LogP contribution in [0.4, 0.5) is 5.69 Å². The summed E-state index contributed by atoms with van der Waals surface area (Å²) < 4.78 is 1.84. The third-order valence-corrected chi connectivity index (χ3v) is 5.00. The molecule has 5 heteroatoms. The number of anilines is 1. The Bertz CT molecular complexity index is 471. The van der Waals surface area contributed by atoms with Gasteiger partial charge in [0.2, 0.25) is 0 Å². The van der Waals surface area contributed by atoms with Crippen molar-refractivity contribution >= 4 is 22.6 Å². The van der Waals surface area contributed by atoms with Gasteiger partial charge in [-0.3, -0.25) is 9.67 Å². The van der Waals surface area contributed by atoms with Gasteiger partial charge in [0.25, 0.3) is 0 Å². The lowest BCUT2D eigenvalue weighted by Gasteiger charge is -2.29. The van der Waals surface area contributed by atoms with E-state index in [1.54, 1.807) is 0 Å². The van der Waals surface area contributed by atoms with Crippen molar-refractivity contribution in [2.24, 2.45) is 12.0 Å². The van der Waals surface area contributed by atoms with Gasteiger partial charge in [-0.25, -0.2) is 0 Å². The molecule has 2 aliphatic rings. The molecule has 0 unspecified atom stereocenters. The zero-order valence-electron chi connectivity index (χ0n) is 11.1. The summed E-state index contributed by atoms with van der Waals surface area (Å²) in [5.41, 5.74) is 2.35. The van der Waals surface area contributed by atoms with E-state index in [0.29, 0.717) is 0 Å². The van der Waals surface area contributed by atoms with E-state index in [4.69, 9.17) is 4.99 Å². The average Bonchev–Trinajstić information content (AvgIpc) is 2.86. The highest BCUT2D eigenvalue weighted by Crippen LogP contribution is 2.39. The fraction of sp³-hybridized carbons (Fsp3) is 0.692. The lowest BCUT2D eigenvalue weighted by atomic mass is 9.84. The van der Waals surface area contributed by atoms with Crippen LogP contribution in [0.1, 0.15) is 37.8 Å². The summed E-state index contributed by atoms with van der Waals surface area (Å²) in [7, 11) is 1.95. The second-order valence-corrected chi connectivity index (χ2v) is 6.38. The number of thioether (sulfide) groups is 1. The second-order valence-electron chi connectivity index (χ2n) is 5.42. The molecule has 1 N–H and O–H groups in total. The highest BCUT2D eigenvalue weighted by atomic mass is 32.2. The van der Waals surface area contributed by atoms with Crippen LogP contribution in [-0.2, 0) is 7.05 Å². The predicted octanol–water partition coefficient (Wildman–Crippen LogP) is 2.95. The van der Waals surface area contributed by atoms with Crippen LogP contribution in [0.3, 0.4) is 0 Å². The molecule has 1 fully saturated rings. The SMILES string of the molecule is Cc1nn(C)cc1NC1=NC2(CCCCC2)CS1. The van der Waals surface area contributed by atoms with Gasteiger partial charge in [0.15, 0.2) is 5.17 Å². The van der Waals surface area contributed by atoms with Crippen LogP contribution in [0, 0.1) is 6.92 Å². The number of aromatic nitrogens is 2. The van der Waals surface area contributed by atoms with E-state index in [1.165, 1.54) is 32.1 Å². The van der Waals surface area contributed by atoms with E-state index in [2.05, 4.69) is 10.4 Å². The minimum atomic E-state index is 0.237. The Kier molecular flexibility index (Phi) is 3.09. The van der Waals surface area contributed by atoms with E-state index in [1.807, 2.05) is 36.6 Å². The number of amidine groups is 1. The molecule has 0 atom stereocenters. The van der Waals surface area contributed by atoms with Crippen LogP contribution in [0.15, 0.2) is 11.2 Å². The van der Waals surface area contributed by atoms with Crippen molar-refractivity contribution in [3.05, 3.63) is 11.9 Å². The molecule has 2 heterocycles. The van der Waals surface area contributed by atoms with E-state index in [0.717, 1.165) is 22.3 Å². The molecule has 4 nitrogen and oxygen atoms in total. The van der Waals surface area contributed by atoms with Crippen molar-refractivity contribution in [2.45, 2.75) is 44.6 Å². The van der Waals surface area contributed by atoms with Gasteiger partial charge in [0.05, 0.1) is 16.9 Å². The maximum absolute atomic E-state index is 4.96. The molecule has 1 aromatic heterocycles. The van der Waals surface area contributed by atoms with Crippen LogP contribution >= 0.6 is 11.8 Å². The third kappa shape index (κ3) is 2.28. The van der Waals surface area contributed by atoms with Gasteiger partial charge in [0, 0.05) is 19.0 Å². The standard InChI is InChI=1S/C13H20N4S/c1-10-11(8-17(2)16-10)14-12-15-13(9-18-12)6-4-3-5-7-13/h8H,3-7,9H2,1-2H3,(H,14,15). The van der Waals surface area contributed by atoms with Crippen molar-refractivity contribution in [2.75, 3.05) is 11.1 Å². The Labute approximate surface area is 112 Å². The maximum Gasteiger partial charge on any atom is 0.161 e. The lowest BCUT2D eigenvalue weighted by Crippen LogP contribution is -2.29. The zero-order valence-corrected chi connectivity index (χ0v) is 11.9. The summed E-state index contributed by atoms with van der Waals surface area (Å²) in [5, 5.41) is 8.86. The first-order valence-corrected chi connectivity index (χ1v) is 7.65. The van der Waals surface area contributed by atoms with Gasteiger partial charge >= 0.3 is 0 Å². The van der Waals surface area contributed by atoms with E-state index < -0.39 is 0 Å². The van der Waals surface area contributed by atoms with Crippen LogP contribution in [0.25, 0.3) is 0 Å². The van der Waals surface area contributed by atoms with Crippen molar-refractivity contribution in [3.8, 4) is 0 Å². The second kappa shape index (κ2) is 4.61. The minimum absolute atomic E-state index is 0.237. The number of hydrogen-bond donors (Lipinski definition) is 1. The molecule has 1 saturated carbocycles. The summed E-state index contributed by atoms with van der Waals surface area (Å²) in [6.07, 6.45) is 8.59. The molecule has 0 aromatic carbocycles. The van der Waals surface area contributed by atoms with Crippen LogP contribution < -0.4 is 5.32 Å². The van der Waals surface area contributed by atoms with Crippen molar-refractivity contribution in [1.29, 1.82) is 0 Å². The topological polar surface area (TPSA) is 42.2 Å². The first kappa shape index (κ1) is 12.1. The summed E-state index contributed by atoms with van der Waals surface area (Å²) in [5.74, 6) is 1.15. The normalized spacial score (nSPS) is 22.2. The summed E-state index contributed by atoms with van der Waals surface area (Å²) in [4.78, 5) is 4.96. The van der Waals surface area contributed by atoms with Gasteiger partial charge < -0.3 is 5.32 Å². The number of aryl methyl sites for hydroxylation is 2. The maximum atomic E-state index is 4.96. The minimum Gasteiger partial charge on any atom is -0.332 e. The average molecular weight is 264 g/mol. The van der Waals surface area contributed by atoms with Gasteiger partial charge in [-0.15, -0.1) is 0 Å². The highest BCUT2D eigenvalue weighted by molar-refractivity contribution is 8.14. The molecular formula is C13H20N4S. The number of nitrogens with one attached hydrogen (secondary N) is 1. The van der Waals surface area contributed by atoms with Gasteiger partial charge in [-0.05, 0) is 19.8 Å². The Balaban J connectivity index is 1.74. The Morgan fingerprint density at radius 1 is 1.33 bits per heavy atom. The lowest BCUT2D eigenvalue weighted by molar-refractivity contribution is 0.335. The number of nitrogens with zero attached hydrogens (tertiary/aromatic N) is 3. The molecule has 0 saturated heterocycles. The molecule has 1 aliphatic carbocycles. The highest BCUT2D eigenvalue weighted by Gasteiger charge is 2.36. The summed E-state index contributed by atoms with van der Waals surface area (Å²) in [6, 6.07) is 0. The van der Waals surface area contributed by atoms with Crippen LogP contribution in [0.5, 0.6) is 0 Å². The summed E-state index contributed by atoms with van der Waals surface area (Å²) >= 11 is 1.86. The molecule has 18 heavy (non-hydrogen) atoms. The summed E-state index contributed by atoms with van der Waals surface area (Å²) in [6.45, 7) is 2.03. The fourth-order valence-electron chi connectivity index (χ4n) is 2.85. The molecule has 0 radical (unpaired) electrons. The molecule has 1 aromatic rings. The first-order chi connectivity index (χ1) is 8.67. The van der Waals surface area contributed by atoms with Crippen molar-refractivity contribution in [3.63, 3.8) is 0 Å². The Morgan fingerprint density at radius 3 is 2.78 bits per heavy atom.